The molecule has 0 amide bonds. The lowest BCUT2D eigenvalue weighted by molar-refractivity contribution is 0.516. The molecular weight excluding hydrogens is 278 g/mol. The molecule has 20 heavy (non-hydrogen) atoms. The average molecular weight is 292 g/mol. The molecule has 6 nitrogen and oxygen atoms in total. The molecule has 3 aromatic rings. The topological polar surface area (TPSA) is 68.5 Å². The summed E-state index contributed by atoms with van der Waals surface area (Å²) < 4.78 is 3.49. The zero-order chi connectivity index (χ0) is 14.1. The maximum absolute atomic E-state index is 11.9. The van der Waals surface area contributed by atoms with E-state index in [1.807, 2.05) is 31.2 Å². The number of nitrogens with zero attached hydrogens (tertiary/aromatic N) is 4. The molecule has 104 valence electrons. The zero-order valence-electron chi connectivity index (χ0n) is 11.0. The maximum Gasteiger partial charge on any atom is 0.326 e. The number of hydrogen-bond acceptors (Lipinski definition) is 3. The lowest BCUT2D eigenvalue weighted by atomic mass is 10.3. The highest BCUT2D eigenvalue weighted by atomic mass is 35.5. The summed E-state index contributed by atoms with van der Waals surface area (Å²) in [5.74, 6) is 0.779. The van der Waals surface area contributed by atoms with Crippen molar-refractivity contribution in [3.63, 3.8) is 0 Å². The maximum atomic E-state index is 11.9. The summed E-state index contributed by atoms with van der Waals surface area (Å²) in [6, 6.07) is 7.66. The Morgan fingerprint density at radius 2 is 2.10 bits per heavy atom. The molecule has 1 aromatic carbocycles. The van der Waals surface area contributed by atoms with E-state index in [0.717, 1.165) is 23.3 Å². The predicted octanol–water partition coefficient (Wildman–Crippen LogP) is 1.97. The first-order valence-corrected chi connectivity index (χ1v) is 6.77. The molecule has 3 rings (SSSR count). The van der Waals surface area contributed by atoms with E-state index >= 15 is 0 Å². The van der Waals surface area contributed by atoms with Gasteiger partial charge in [0.15, 0.2) is 0 Å². The number of aryl methyl sites for hydroxylation is 3. The third-order valence-electron chi connectivity index (χ3n) is 3.26. The summed E-state index contributed by atoms with van der Waals surface area (Å²) in [6.07, 6.45) is 0.780. The minimum Gasteiger partial charge on any atom is -0.306 e. The molecule has 7 heteroatoms. The molecule has 2 heterocycles. The summed E-state index contributed by atoms with van der Waals surface area (Å²) in [5, 5.41) is 4.35. The molecule has 0 saturated heterocycles. The van der Waals surface area contributed by atoms with Crippen molar-refractivity contribution in [2.75, 3.05) is 0 Å². The van der Waals surface area contributed by atoms with Gasteiger partial charge in [-0.2, -0.15) is 0 Å². The van der Waals surface area contributed by atoms with Crippen molar-refractivity contribution >= 4 is 22.6 Å². The lowest BCUT2D eigenvalue weighted by Crippen LogP contribution is -2.18. The van der Waals surface area contributed by atoms with Crippen LogP contribution in [0.25, 0.3) is 11.0 Å². The van der Waals surface area contributed by atoms with E-state index in [9.17, 15) is 4.79 Å². The highest BCUT2D eigenvalue weighted by Crippen LogP contribution is 2.10. The number of aromatic amines is 1. The average Bonchev–Trinajstić information content (AvgIpc) is 2.90. The third-order valence-corrected chi connectivity index (χ3v) is 3.42. The van der Waals surface area contributed by atoms with Crippen LogP contribution in [0.5, 0.6) is 0 Å². The lowest BCUT2D eigenvalue weighted by Gasteiger charge is -2.04. The molecule has 0 radical (unpaired) electrons. The van der Waals surface area contributed by atoms with E-state index in [-0.39, 0.29) is 11.0 Å². The summed E-state index contributed by atoms with van der Waals surface area (Å²) in [5.41, 5.74) is 1.70. The van der Waals surface area contributed by atoms with Crippen LogP contribution in [-0.4, -0.2) is 24.3 Å². The molecule has 0 aliphatic rings. The number of fused-ring (bicyclic) bond motifs is 1. The fraction of sp³-hybridized carbons (Fsp3) is 0.308. The zero-order valence-corrected chi connectivity index (χ0v) is 11.8. The number of halogens is 1. The molecule has 0 aliphatic heterocycles. The second kappa shape index (κ2) is 5.13. The van der Waals surface area contributed by atoms with Crippen LogP contribution in [0.1, 0.15) is 12.2 Å². The van der Waals surface area contributed by atoms with Gasteiger partial charge in [-0.05, 0) is 37.1 Å². The van der Waals surface area contributed by atoms with Gasteiger partial charge in [0.05, 0.1) is 11.0 Å². The van der Waals surface area contributed by atoms with E-state index < -0.39 is 0 Å². The van der Waals surface area contributed by atoms with E-state index in [4.69, 9.17) is 11.6 Å². The van der Waals surface area contributed by atoms with Gasteiger partial charge in [-0.15, -0.1) is 5.10 Å². The smallest absolute Gasteiger partial charge is 0.306 e. The quantitative estimate of drug-likeness (QED) is 0.799. The van der Waals surface area contributed by atoms with Gasteiger partial charge in [-0.1, -0.05) is 12.1 Å². The van der Waals surface area contributed by atoms with Gasteiger partial charge >= 0.3 is 5.69 Å². The van der Waals surface area contributed by atoms with Crippen molar-refractivity contribution in [1.82, 2.24) is 24.3 Å². The molecule has 0 bridgehead atoms. The Kier molecular flexibility index (Phi) is 3.31. The molecular formula is C13H14ClN5O. The number of nitrogens with one attached hydrogen (secondary N) is 1. The summed E-state index contributed by atoms with van der Waals surface area (Å²) in [4.78, 5) is 18.8. The first-order chi connectivity index (χ1) is 9.65. The van der Waals surface area contributed by atoms with Crippen LogP contribution in [0.4, 0.5) is 0 Å². The van der Waals surface area contributed by atoms with Crippen molar-refractivity contribution in [3.05, 3.63) is 45.9 Å². The number of benzene rings is 1. The summed E-state index contributed by atoms with van der Waals surface area (Å²) >= 11 is 5.74. The van der Waals surface area contributed by atoms with Crippen LogP contribution >= 0.6 is 11.6 Å². The SMILES string of the molecule is Cc1nc(Cl)nn1CCCn1c(=O)[nH]c2ccccc21. The molecule has 1 N–H and O–H groups in total. The highest BCUT2D eigenvalue weighted by molar-refractivity contribution is 6.28. The number of aromatic nitrogens is 5. The number of imidazole rings is 1. The van der Waals surface area contributed by atoms with Crippen LogP contribution in [0.2, 0.25) is 5.28 Å². The Hall–Kier alpha value is -2.08. The molecule has 0 fully saturated rings. The fourth-order valence-electron chi connectivity index (χ4n) is 2.30. The molecule has 0 saturated carbocycles. The van der Waals surface area contributed by atoms with Gasteiger partial charge in [0, 0.05) is 13.1 Å². The minimum absolute atomic E-state index is 0.0838. The third kappa shape index (κ3) is 2.34. The monoisotopic (exact) mass is 291 g/mol. The van der Waals surface area contributed by atoms with Crippen LogP contribution in [0.15, 0.2) is 29.1 Å². The van der Waals surface area contributed by atoms with E-state index in [1.165, 1.54) is 0 Å². The second-order valence-electron chi connectivity index (χ2n) is 4.60. The van der Waals surface area contributed by atoms with Crippen molar-refractivity contribution in [3.8, 4) is 0 Å². The van der Waals surface area contributed by atoms with Gasteiger partial charge in [0.1, 0.15) is 5.82 Å². The van der Waals surface area contributed by atoms with Gasteiger partial charge in [0.25, 0.3) is 0 Å². The van der Waals surface area contributed by atoms with Gasteiger partial charge in [-0.3, -0.25) is 4.57 Å². The predicted molar refractivity (Wildman–Crippen MR) is 76.9 cm³/mol. The van der Waals surface area contributed by atoms with Crippen molar-refractivity contribution in [2.24, 2.45) is 0 Å². The standard InChI is InChI=1S/C13H14ClN5O/c1-9-15-12(14)17-19(9)8-4-7-18-11-6-3-2-5-10(11)16-13(18)20/h2-3,5-6H,4,7-8H2,1H3,(H,16,20). The second-order valence-corrected chi connectivity index (χ2v) is 4.94. The van der Waals surface area contributed by atoms with Gasteiger partial charge in [0.2, 0.25) is 5.28 Å². The van der Waals surface area contributed by atoms with Crippen LogP contribution in [-0.2, 0) is 13.1 Å². The highest BCUT2D eigenvalue weighted by Gasteiger charge is 2.07. The molecule has 0 atom stereocenters. The van der Waals surface area contributed by atoms with Crippen LogP contribution < -0.4 is 5.69 Å². The van der Waals surface area contributed by atoms with Crippen molar-refractivity contribution < 1.29 is 0 Å². The Bertz CT molecular complexity index is 801. The summed E-state index contributed by atoms with van der Waals surface area (Å²) in [7, 11) is 0. The summed E-state index contributed by atoms with van der Waals surface area (Å²) in [6.45, 7) is 3.16. The van der Waals surface area contributed by atoms with Gasteiger partial charge in [-0.25, -0.2) is 14.5 Å². The van der Waals surface area contributed by atoms with Crippen LogP contribution in [0, 0.1) is 6.92 Å². The molecule has 0 spiro atoms. The molecule has 2 aromatic heterocycles. The normalized spacial score (nSPS) is 11.3. The first-order valence-electron chi connectivity index (χ1n) is 6.39. The Morgan fingerprint density at radius 1 is 1.30 bits per heavy atom. The fourth-order valence-corrected chi connectivity index (χ4v) is 2.52. The number of rotatable bonds is 4. The van der Waals surface area contributed by atoms with Crippen molar-refractivity contribution in [1.29, 1.82) is 0 Å². The Balaban J connectivity index is 1.76. The Labute approximate surface area is 120 Å². The van der Waals surface area contributed by atoms with Gasteiger partial charge < -0.3 is 4.98 Å². The van der Waals surface area contributed by atoms with E-state index in [2.05, 4.69) is 15.1 Å². The minimum atomic E-state index is -0.0838. The first kappa shape index (κ1) is 12.9. The number of H-pyrrole nitrogens is 1. The molecule has 0 unspecified atom stereocenters. The number of hydrogen-bond donors (Lipinski definition) is 1. The largest absolute Gasteiger partial charge is 0.326 e. The Morgan fingerprint density at radius 3 is 2.85 bits per heavy atom. The number of para-hydroxylation sites is 2. The van der Waals surface area contributed by atoms with E-state index in [0.29, 0.717) is 13.1 Å². The van der Waals surface area contributed by atoms with E-state index in [1.54, 1.807) is 9.25 Å². The van der Waals surface area contributed by atoms with Crippen molar-refractivity contribution in [2.45, 2.75) is 26.4 Å². The molecule has 0 aliphatic carbocycles. The van der Waals surface area contributed by atoms with Crippen LogP contribution in [0.3, 0.4) is 0 Å².